The Morgan fingerprint density at radius 3 is 2.14 bits per heavy atom. The highest BCUT2D eigenvalue weighted by molar-refractivity contribution is 6.11. The maximum atomic E-state index is 12.6. The summed E-state index contributed by atoms with van der Waals surface area (Å²) in [5.74, 6) is 0.596. The molecule has 1 aromatic carbocycles. The number of carbonyl (C=O) groups excluding carboxylic acids is 2. The fourth-order valence-electron chi connectivity index (χ4n) is 2.68. The molecular weight excluding hydrogens is 272 g/mol. The number of hydrogen-bond acceptors (Lipinski definition) is 5. The van der Waals surface area contributed by atoms with E-state index in [1.807, 2.05) is 0 Å². The van der Waals surface area contributed by atoms with Crippen LogP contribution in [0.2, 0.25) is 0 Å². The number of rotatable bonds is 5. The van der Waals surface area contributed by atoms with Crippen LogP contribution >= 0.6 is 0 Å². The van der Waals surface area contributed by atoms with Gasteiger partial charge in [0.1, 0.15) is 5.78 Å². The third-order valence-corrected chi connectivity index (χ3v) is 3.82. The van der Waals surface area contributed by atoms with E-state index in [1.165, 1.54) is 21.3 Å². The monoisotopic (exact) mass is 292 g/mol. The van der Waals surface area contributed by atoms with Crippen LogP contribution in [-0.2, 0) is 4.79 Å². The minimum absolute atomic E-state index is 0.0278. The Balaban J connectivity index is 2.39. The SMILES string of the molecule is COc1cc(C(=O)[C@@H]2CCCCC2=O)cc(OC)c1OC. The van der Waals surface area contributed by atoms with Gasteiger partial charge in [0.05, 0.1) is 27.2 Å². The zero-order valence-corrected chi connectivity index (χ0v) is 12.6. The Morgan fingerprint density at radius 1 is 1.05 bits per heavy atom. The Morgan fingerprint density at radius 2 is 1.67 bits per heavy atom. The number of methoxy groups -OCH3 is 3. The fourth-order valence-corrected chi connectivity index (χ4v) is 2.68. The molecular formula is C16H20O5. The van der Waals surface area contributed by atoms with E-state index in [0.717, 1.165) is 12.8 Å². The number of carbonyl (C=O) groups is 2. The van der Waals surface area contributed by atoms with Gasteiger partial charge in [0.2, 0.25) is 5.75 Å². The molecule has 5 nitrogen and oxygen atoms in total. The lowest BCUT2D eigenvalue weighted by Crippen LogP contribution is -2.27. The highest BCUT2D eigenvalue weighted by Crippen LogP contribution is 2.39. The second-order valence-corrected chi connectivity index (χ2v) is 5.04. The third kappa shape index (κ3) is 3.01. The third-order valence-electron chi connectivity index (χ3n) is 3.82. The van der Waals surface area contributed by atoms with Gasteiger partial charge in [-0.2, -0.15) is 0 Å². The predicted octanol–water partition coefficient (Wildman–Crippen LogP) is 2.65. The number of benzene rings is 1. The molecule has 0 saturated heterocycles. The zero-order chi connectivity index (χ0) is 15.4. The molecule has 1 aliphatic rings. The second-order valence-electron chi connectivity index (χ2n) is 5.04. The van der Waals surface area contributed by atoms with Crippen LogP contribution in [0.3, 0.4) is 0 Å². The molecule has 5 heteroatoms. The highest BCUT2D eigenvalue weighted by Gasteiger charge is 2.30. The summed E-state index contributed by atoms with van der Waals surface area (Å²) in [7, 11) is 4.50. The minimum atomic E-state index is -0.540. The molecule has 21 heavy (non-hydrogen) atoms. The number of hydrogen-bond donors (Lipinski definition) is 0. The molecule has 0 radical (unpaired) electrons. The van der Waals surface area contributed by atoms with E-state index in [9.17, 15) is 9.59 Å². The molecule has 0 heterocycles. The molecule has 0 N–H and O–H groups in total. The van der Waals surface area contributed by atoms with Crippen LogP contribution in [0.4, 0.5) is 0 Å². The Bertz CT molecular complexity index is 525. The van der Waals surface area contributed by atoms with Crippen LogP contribution in [0.1, 0.15) is 36.0 Å². The van der Waals surface area contributed by atoms with E-state index in [1.54, 1.807) is 12.1 Å². The van der Waals surface area contributed by atoms with Gasteiger partial charge in [0, 0.05) is 12.0 Å². The molecule has 1 aromatic rings. The van der Waals surface area contributed by atoms with Crippen LogP contribution in [0.5, 0.6) is 17.2 Å². The van der Waals surface area contributed by atoms with Crippen molar-refractivity contribution in [3.8, 4) is 17.2 Å². The maximum Gasteiger partial charge on any atom is 0.203 e. The smallest absolute Gasteiger partial charge is 0.203 e. The molecule has 0 bridgehead atoms. The lowest BCUT2D eigenvalue weighted by Gasteiger charge is -2.20. The van der Waals surface area contributed by atoms with Crippen molar-refractivity contribution in [3.05, 3.63) is 17.7 Å². The first-order chi connectivity index (χ1) is 10.1. The highest BCUT2D eigenvalue weighted by atomic mass is 16.5. The van der Waals surface area contributed by atoms with Crippen molar-refractivity contribution in [3.63, 3.8) is 0 Å². The van der Waals surface area contributed by atoms with Crippen molar-refractivity contribution in [1.29, 1.82) is 0 Å². The van der Waals surface area contributed by atoms with Gasteiger partial charge < -0.3 is 14.2 Å². The van der Waals surface area contributed by atoms with E-state index in [2.05, 4.69) is 0 Å². The molecule has 1 fully saturated rings. The number of ketones is 2. The number of Topliss-reactive ketones (excluding diaryl/α,β-unsaturated/α-hetero) is 2. The van der Waals surface area contributed by atoms with Crippen molar-refractivity contribution in [2.24, 2.45) is 5.92 Å². The quantitative estimate of drug-likeness (QED) is 0.616. The summed E-state index contributed by atoms with van der Waals surface area (Å²) in [5, 5.41) is 0. The van der Waals surface area contributed by atoms with Gasteiger partial charge in [-0.05, 0) is 25.0 Å². The van der Waals surface area contributed by atoms with Crippen molar-refractivity contribution in [2.45, 2.75) is 25.7 Å². The lowest BCUT2D eigenvalue weighted by atomic mass is 9.82. The van der Waals surface area contributed by atoms with Gasteiger partial charge in [-0.3, -0.25) is 9.59 Å². The first kappa shape index (κ1) is 15.4. The summed E-state index contributed by atoms with van der Waals surface area (Å²) in [4.78, 5) is 24.5. The van der Waals surface area contributed by atoms with E-state index >= 15 is 0 Å². The summed E-state index contributed by atoms with van der Waals surface area (Å²) < 4.78 is 15.7. The van der Waals surface area contributed by atoms with Crippen molar-refractivity contribution in [2.75, 3.05) is 21.3 Å². The lowest BCUT2D eigenvalue weighted by molar-refractivity contribution is -0.122. The van der Waals surface area contributed by atoms with Crippen LogP contribution in [0, 0.1) is 5.92 Å². The van der Waals surface area contributed by atoms with Crippen LogP contribution in [0.15, 0.2) is 12.1 Å². The van der Waals surface area contributed by atoms with Crippen molar-refractivity contribution in [1.82, 2.24) is 0 Å². The molecule has 0 aromatic heterocycles. The topological polar surface area (TPSA) is 61.8 Å². The van der Waals surface area contributed by atoms with Gasteiger partial charge in [0.25, 0.3) is 0 Å². The molecule has 0 aliphatic heterocycles. The van der Waals surface area contributed by atoms with Crippen LogP contribution in [-0.4, -0.2) is 32.9 Å². The molecule has 114 valence electrons. The zero-order valence-electron chi connectivity index (χ0n) is 12.6. The second kappa shape index (κ2) is 6.61. The summed E-state index contributed by atoms with van der Waals surface area (Å²) in [6.07, 6.45) is 2.89. The van der Waals surface area contributed by atoms with Gasteiger partial charge in [0.15, 0.2) is 17.3 Å². The van der Waals surface area contributed by atoms with Crippen molar-refractivity contribution >= 4 is 11.6 Å². The Labute approximate surface area is 124 Å². The van der Waals surface area contributed by atoms with E-state index in [-0.39, 0.29) is 11.6 Å². The first-order valence-corrected chi connectivity index (χ1v) is 6.99. The predicted molar refractivity (Wildman–Crippen MR) is 77.4 cm³/mol. The number of ether oxygens (including phenoxy) is 3. The Hall–Kier alpha value is -2.04. The summed E-state index contributed by atoms with van der Waals surface area (Å²) in [5.41, 5.74) is 0.421. The molecule has 1 atom stereocenters. The molecule has 1 aliphatic carbocycles. The maximum absolute atomic E-state index is 12.6. The summed E-state index contributed by atoms with van der Waals surface area (Å²) >= 11 is 0. The van der Waals surface area contributed by atoms with Crippen molar-refractivity contribution < 1.29 is 23.8 Å². The van der Waals surface area contributed by atoms with Gasteiger partial charge in [-0.1, -0.05) is 6.42 Å². The molecule has 2 rings (SSSR count). The molecule has 0 spiro atoms. The van der Waals surface area contributed by atoms with Gasteiger partial charge >= 0.3 is 0 Å². The van der Waals surface area contributed by atoms with E-state index < -0.39 is 5.92 Å². The first-order valence-electron chi connectivity index (χ1n) is 6.99. The largest absolute Gasteiger partial charge is 0.493 e. The standard InChI is InChI=1S/C16H20O5/c1-19-13-8-10(9-14(20-2)16(13)21-3)15(18)11-6-4-5-7-12(11)17/h8-9,11H,4-7H2,1-3H3/t11-/m1/s1. The van der Waals surface area contributed by atoms with E-state index in [4.69, 9.17) is 14.2 Å². The summed E-state index contributed by atoms with van der Waals surface area (Å²) in [6, 6.07) is 3.21. The molecule has 1 saturated carbocycles. The van der Waals surface area contributed by atoms with Gasteiger partial charge in [-0.25, -0.2) is 0 Å². The summed E-state index contributed by atoms with van der Waals surface area (Å²) in [6.45, 7) is 0. The van der Waals surface area contributed by atoms with Crippen LogP contribution in [0.25, 0.3) is 0 Å². The van der Waals surface area contributed by atoms with E-state index in [0.29, 0.717) is 35.7 Å². The normalized spacial score (nSPS) is 18.2. The molecule has 0 unspecified atom stereocenters. The Kier molecular flexibility index (Phi) is 4.83. The molecule has 0 amide bonds. The van der Waals surface area contributed by atoms with Crippen LogP contribution < -0.4 is 14.2 Å². The average molecular weight is 292 g/mol. The average Bonchev–Trinajstić information content (AvgIpc) is 2.53. The minimum Gasteiger partial charge on any atom is -0.493 e. The fraction of sp³-hybridized carbons (Fsp3) is 0.500. The van der Waals surface area contributed by atoms with Gasteiger partial charge in [-0.15, -0.1) is 0 Å².